The van der Waals surface area contributed by atoms with E-state index in [9.17, 15) is 9.59 Å². The summed E-state index contributed by atoms with van der Waals surface area (Å²) >= 11 is 1.78. The Balaban J connectivity index is 1.46. The van der Waals surface area contributed by atoms with E-state index >= 15 is 0 Å². The number of thioether (sulfide) groups is 1. The van der Waals surface area contributed by atoms with Gasteiger partial charge in [0, 0.05) is 28.9 Å². The molecule has 2 atom stereocenters. The lowest BCUT2D eigenvalue weighted by Crippen LogP contribution is -2.39. The van der Waals surface area contributed by atoms with Gasteiger partial charge in [0.05, 0.1) is 12.6 Å². The van der Waals surface area contributed by atoms with Crippen molar-refractivity contribution < 1.29 is 9.59 Å². The van der Waals surface area contributed by atoms with Gasteiger partial charge in [0.1, 0.15) is 0 Å². The molecule has 2 aromatic carbocycles. The number of amides is 2. The van der Waals surface area contributed by atoms with Crippen LogP contribution in [-0.4, -0.2) is 37.0 Å². The van der Waals surface area contributed by atoms with Gasteiger partial charge in [0.15, 0.2) is 0 Å². The number of carbonyl (C=O) groups is 2. The Kier molecular flexibility index (Phi) is 6.86. The Morgan fingerprint density at radius 2 is 1.85 bits per heavy atom. The molecule has 5 N–H and O–H groups in total. The summed E-state index contributed by atoms with van der Waals surface area (Å²) in [4.78, 5) is 25.0. The first kappa shape index (κ1) is 19.4. The van der Waals surface area contributed by atoms with Crippen molar-refractivity contribution >= 4 is 29.3 Å². The Labute approximate surface area is 163 Å². The molecular weight excluding hydrogens is 360 g/mol. The van der Waals surface area contributed by atoms with Gasteiger partial charge < -0.3 is 21.7 Å². The number of benzene rings is 2. The number of nitrogens with one attached hydrogen (secondary N) is 3. The van der Waals surface area contributed by atoms with Crippen molar-refractivity contribution in [3.05, 3.63) is 60.2 Å². The second-order valence-electron chi connectivity index (χ2n) is 6.45. The first-order valence-electron chi connectivity index (χ1n) is 8.94. The SMILES string of the molecule is NCC(=O)NC1CNC(C(=O)Nc2ccc(CSc3ccccc3)cc2)C1. The van der Waals surface area contributed by atoms with Gasteiger partial charge in [-0.1, -0.05) is 30.3 Å². The fraction of sp³-hybridized carbons (Fsp3) is 0.300. The topological polar surface area (TPSA) is 96.2 Å². The van der Waals surface area contributed by atoms with Crippen LogP contribution in [0.3, 0.4) is 0 Å². The smallest absolute Gasteiger partial charge is 0.241 e. The molecule has 2 amide bonds. The molecule has 1 aliphatic heterocycles. The molecule has 0 saturated carbocycles. The van der Waals surface area contributed by atoms with Crippen molar-refractivity contribution in [3.63, 3.8) is 0 Å². The molecule has 6 nitrogen and oxygen atoms in total. The zero-order valence-corrected chi connectivity index (χ0v) is 15.8. The molecule has 2 aromatic rings. The minimum absolute atomic E-state index is 0.0394. The monoisotopic (exact) mass is 384 g/mol. The van der Waals surface area contributed by atoms with Crippen LogP contribution in [0.4, 0.5) is 5.69 Å². The molecule has 2 unspecified atom stereocenters. The molecule has 142 valence electrons. The van der Waals surface area contributed by atoms with Crippen molar-refractivity contribution in [2.75, 3.05) is 18.4 Å². The number of nitrogens with two attached hydrogens (primary N) is 1. The van der Waals surface area contributed by atoms with Crippen molar-refractivity contribution in [2.24, 2.45) is 5.73 Å². The molecule has 0 spiro atoms. The van der Waals surface area contributed by atoms with Crippen LogP contribution in [0.2, 0.25) is 0 Å². The van der Waals surface area contributed by atoms with Crippen LogP contribution in [-0.2, 0) is 15.3 Å². The molecule has 7 heteroatoms. The molecule has 3 rings (SSSR count). The van der Waals surface area contributed by atoms with Crippen LogP contribution < -0.4 is 21.7 Å². The lowest BCUT2D eigenvalue weighted by atomic mass is 10.1. The van der Waals surface area contributed by atoms with Gasteiger partial charge in [0.2, 0.25) is 11.8 Å². The second-order valence-corrected chi connectivity index (χ2v) is 7.50. The number of anilines is 1. The molecule has 1 heterocycles. The second kappa shape index (κ2) is 9.55. The Bertz CT molecular complexity index is 767. The third-order valence-electron chi connectivity index (χ3n) is 4.37. The standard InChI is InChI=1S/C20H24N4O2S/c21-11-19(25)23-16-10-18(22-12-16)20(26)24-15-8-6-14(7-9-15)13-27-17-4-2-1-3-5-17/h1-9,16,18,22H,10-13,21H2,(H,23,25)(H,24,26). The lowest BCUT2D eigenvalue weighted by molar-refractivity contribution is -0.121. The van der Waals surface area contributed by atoms with Gasteiger partial charge in [0.25, 0.3) is 0 Å². The zero-order chi connectivity index (χ0) is 19.1. The van der Waals surface area contributed by atoms with Gasteiger partial charge in [-0.2, -0.15) is 0 Å². The summed E-state index contributed by atoms with van der Waals surface area (Å²) in [6.45, 7) is 0.530. The maximum atomic E-state index is 12.4. The van der Waals surface area contributed by atoms with E-state index in [0.29, 0.717) is 13.0 Å². The minimum Gasteiger partial charge on any atom is -0.351 e. The predicted octanol–water partition coefficient (Wildman–Crippen LogP) is 1.72. The molecule has 1 saturated heterocycles. The summed E-state index contributed by atoms with van der Waals surface area (Å²) < 4.78 is 0. The number of hydrogen-bond acceptors (Lipinski definition) is 5. The van der Waals surface area contributed by atoms with E-state index in [1.165, 1.54) is 10.5 Å². The summed E-state index contributed by atoms with van der Waals surface area (Å²) in [6, 6.07) is 17.8. The first-order chi connectivity index (χ1) is 13.1. The highest BCUT2D eigenvalue weighted by Crippen LogP contribution is 2.23. The molecule has 0 aliphatic carbocycles. The van der Waals surface area contributed by atoms with Crippen molar-refractivity contribution in [1.29, 1.82) is 0 Å². The molecule has 1 fully saturated rings. The fourth-order valence-corrected chi connectivity index (χ4v) is 3.80. The fourth-order valence-electron chi connectivity index (χ4n) is 2.93. The minimum atomic E-state index is -0.318. The summed E-state index contributed by atoms with van der Waals surface area (Å²) in [5.74, 6) is 0.586. The largest absolute Gasteiger partial charge is 0.351 e. The Morgan fingerprint density at radius 1 is 1.11 bits per heavy atom. The van der Waals surface area contributed by atoms with Crippen LogP contribution in [0.15, 0.2) is 59.5 Å². The molecule has 27 heavy (non-hydrogen) atoms. The highest BCUT2D eigenvalue weighted by atomic mass is 32.2. The summed E-state index contributed by atoms with van der Waals surface area (Å²) in [7, 11) is 0. The third-order valence-corrected chi connectivity index (χ3v) is 5.45. The maximum absolute atomic E-state index is 12.4. The molecule has 0 radical (unpaired) electrons. The van der Waals surface area contributed by atoms with Crippen LogP contribution >= 0.6 is 11.8 Å². The highest BCUT2D eigenvalue weighted by molar-refractivity contribution is 7.98. The van der Waals surface area contributed by atoms with Crippen LogP contribution in [0.1, 0.15) is 12.0 Å². The van der Waals surface area contributed by atoms with E-state index in [0.717, 1.165) is 11.4 Å². The van der Waals surface area contributed by atoms with Crippen LogP contribution in [0, 0.1) is 0 Å². The van der Waals surface area contributed by atoms with E-state index in [1.807, 2.05) is 42.5 Å². The van der Waals surface area contributed by atoms with Gasteiger partial charge in [-0.3, -0.25) is 9.59 Å². The van der Waals surface area contributed by atoms with Crippen molar-refractivity contribution in [3.8, 4) is 0 Å². The summed E-state index contributed by atoms with van der Waals surface area (Å²) in [5.41, 5.74) is 7.27. The molecule has 0 aromatic heterocycles. The van der Waals surface area contributed by atoms with E-state index in [2.05, 4.69) is 28.1 Å². The summed E-state index contributed by atoms with van der Waals surface area (Å²) in [6.07, 6.45) is 0.559. The van der Waals surface area contributed by atoms with Crippen molar-refractivity contribution in [2.45, 2.75) is 29.2 Å². The molecule has 0 bridgehead atoms. The number of hydrogen-bond donors (Lipinski definition) is 4. The van der Waals surface area contributed by atoms with Gasteiger partial charge >= 0.3 is 0 Å². The predicted molar refractivity (Wildman–Crippen MR) is 108 cm³/mol. The Morgan fingerprint density at radius 3 is 2.56 bits per heavy atom. The van der Waals surface area contributed by atoms with Crippen LogP contribution in [0.5, 0.6) is 0 Å². The third kappa shape index (κ3) is 5.82. The molecular formula is C20H24N4O2S. The van der Waals surface area contributed by atoms with E-state index in [1.54, 1.807) is 11.8 Å². The average Bonchev–Trinajstić information content (AvgIpc) is 3.17. The van der Waals surface area contributed by atoms with E-state index < -0.39 is 0 Å². The van der Waals surface area contributed by atoms with E-state index in [4.69, 9.17) is 5.73 Å². The summed E-state index contributed by atoms with van der Waals surface area (Å²) in [5, 5.41) is 8.87. The normalized spacial score (nSPS) is 18.9. The first-order valence-corrected chi connectivity index (χ1v) is 9.93. The molecule has 1 aliphatic rings. The average molecular weight is 385 g/mol. The van der Waals surface area contributed by atoms with Crippen molar-refractivity contribution in [1.82, 2.24) is 10.6 Å². The van der Waals surface area contributed by atoms with Gasteiger partial charge in [-0.05, 0) is 36.2 Å². The number of carbonyl (C=O) groups excluding carboxylic acids is 2. The Hall–Kier alpha value is -2.35. The highest BCUT2D eigenvalue weighted by Gasteiger charge is 2.30. The van der Waals surface area contributed by atoms with Crippen LogP contribution in [0.25, 0.3) is 0 Å². The van der Waals surface area contributed by atoms with E-state index in [-0.39, 0.29) is 30.4 Å². The maximum Gasteiger partial charge on any atom is 0.241 e. The zero-order valence-electron chi connectivity index (χ0n) is 15.0. The lowest BCUT2D eigenvalue weighted by Gasteiger charge is -2.13. The van der Waals surface area contributed by atoms with Gasteiger partial charge in [-0.25, -0.2) is 0 Å². The van der Waals surface area contributed by atoms with Gasteiger partial charge in [-0.15, -0.1) is 11.8 Å². The quantitative estimate of drug-likeness (QED) is 0.545. The number of rotatable bonds is 7.